The monoisotopic (exact) mass is 507 g/mol. The van der Waals surface area contributed by atoms with Crippen LogP contribution < -0.4 is 5.32 Å². The predicted molar refractivity (Wildman–Crippen MR) is 119 cm³/mol. The summed E-state index contributed by atoms with van der Waals surface area (Å²) >= 11 is 1.29. The summed E-state index contributed by atoms with van der Waals surface area (Å²) in [5.74, 6) is -1.37. The van der Waals surface area contributed by atoms with E-state index < -0.39 is 29.2 Å². The SMILES string of the molecule is Cc1nc(C(=O)N2C3CC3C[C@H]2CNC(=O)c2cnn(C)c2C(F)(F)F)c(-c2cccc(F)c2)s1. The Morgan fingerprint density at radius 3 is 2.74 bits per heavy atom. The van der Waals surface area contributed by atoms with E-state index in [1.165, 1.54) is 23.5 Å². The van der Waals surface area contributed by atoms with Gasteiger partial charge >= 0.3 is 6.18 Å². The van der Waals surface area contributed by atoms with Gasteiger partial charge in [-0.15, -0.1) is 11.3 Å². The van der Waals surface area contributed by atoms with Gasteiger partial charge in [-0.3, -0.25) is 14.3 Å². The smallest absolute Gasteiger partial charge is 0.350 e. The third-order valence-electron chi connectivity index (χ3n) is 6.42. The zero-order chi connectivity index (χ0) is 25.1. The Bertz CT molecular complexity index is 1320. The summed E-state index contributed by atoms with van der Waals surface area (Å²) in [5.41, 5.74) is -0.931. The maximum absolute atomic E-state index is 13.8. The van der Waals surface area contributed by atoms with Gasteiger partial charge in [-0.2, -0.15) is 18.3 Å². The molecule has 2 amide bonds. The van der Waals surface area contributed by atoms with Gasteiger partial charge in [0, 0.05) is 19.6 Å². The highest BCUT2D eigenvalue weighted by molar-refractivity contribution is 7.15. The van der Waals surface area contributed by atoms with E-state index in [0.29, 0.717) is 26.6 Å². The number of aromatic nitrogens is 3. The Labute approximate surface area is 201 Å². The molecule has 7 nitrogen and oxygen atoms in total. The number of halogens is 4. The van der Waals surface area contributed by atoms with Crippen LogP contribution in [-0.4, -0.2) is 50.1 Å². The quantitative estimate of drug-likeness (QED) is 0.529. The number of fused-ring (bicyclic) bond motifs is 1. The lowest BCUT2D eigenvalue weighted by Gasteiger charge is -2.27. The maximum Gasteiger partial charge on any atom is 0.433 e. The number of alkyl halides is 3. The lowest BCUT2D eigenvalue weighted by Crippen LogP contribution is -2.45. The third-order valence-corrected chi connectivity index (χ3v) is 7.44. The number of nitrogens with zero attached hydrogens (tertiary/aromatic N) is 4. The molecule has 1 N–H and O–H groups in total. The highest BCUT2D eigenvalue weighted by atomic mass is 32.1. The zero-order valence-corrected chi connectivity index (χ0v) is 19.6. The molecule has 1 aliphatic heterocycles. The van der Waals surface area contributed by atoms with Crippen LogP contribution in [0.15, 0.2) is 30.5 Å². The average Bonchev–Trinajstić information content (AvgIpc) is 3.10. The maximum atomic E-state index is 13.8. The molecule has 3 atom stereocenters. The highest BCUT2D eigenvalue weighted by Crippen LogP contribution is 2.49. The second kappa shape index (κ2) is 8.43. The molecular formula is C23H21F4N5O2S. The fourth-order valence-electron chi connectivity index (χ4n) is 4.82. The number of rotatable bonds is 5. The van der Waals surface area contributed by atoms with Crippen LogP contribution in [0.5, 0.6) is 0 Å². The summed E-state index contributed by atoms with van der Waals surface area (Å²) in [6.45, 7) is 1.76. The number of carbonyl (C=O) groups excluding carboxylic acids is 2. The van der Waals surface area contributed by atoms with Gasteiger partial charge in [-0.05, 0) is 43.4 Å². The first-order valence-corrected chi connectivity index (χ1v) is 11.8. The van der Waals surface area contributed by atoms with Crippen molar-refractivity contribution in [2.75, 3.05) is 6.54 Å². The second-order valence-electron chi connectivity index (χ2n) is 8.82. The fraction of sp³-hybridized carbons (Fsp3) is 0.391. The number of carbonyl (C=O) groups is 2. The molecule has 3 aromatic rings. The average molecular weight is 508 g/mol. The summed E-state index contributed by atoms with van der Waals surface area (Å²) in [7, 11) is 1.12. The normalized spacial score (nSPS) is 21.2. The lowest BCUT2D eigenvalue weighted by molar-refractivity contribution is -0.144. The largest absolute Gasteiger partial charge is 0.433 e. The van der Waals surface area contributed by atoms with E-state index in [2.05, 4.69) is 15.4 Å². The van der Waals surface area contributed by atoms with Crippen molar-refractivity contribution in [3.8, 4) is 10.4 Å². The van der Waals surface area contributed by atoms with Crippen LogP contribution in [0.4, 0.5) is 17.6 Å². The molecule has 3 heterocycles. The highest BCUT2D eigenvalue weighted by Gasteiger charge is 2.54. The molecule has 35 heavy (non-hydrogen) atoms. The minimum atomic E-state index is -4.73. The van der Waals surface area contributed by atoms with Gasteiger partial charge in [0.2, 0.25) is 0 Å². The van der Waals surface area contributed by atoms with Crippen molar-refractivity contribution in [3.05, 3.63) is 58.2 Å². The lowest BCUT2D eigenvalue weighted by atomic mass is 10.1. The molecular weight excluding hydrogens is 486 g/mol. The molecule has 0 radical (unpaired) electrons. The van der Waals surface area contributed by atoms with Gasteiger partial charge in [0.05, 0.1) is 27.7 Å². The topological polar surface area (TPSA) is 80.1 Å². The first-order chi connectivity index (χ1) is 16.5. The second-order valence-corrected chi connectivity index (χ2v) is 10.0. The summed E-state index contributed by atoms with van der Waals surface area (Å²) in [4.78, 5) is 32.8. The Morgan fingerprint density at radius 1 is 1.26 bits per heavy atom. The molecule has 2 aliphatic rings. The van der Waals surface area contributed by atoms with Crippen molar-refractivity contribution < 1.29 is 27.2 Å². The van der Waals surface area contributed by atoms with Crippen LogP contribution in [-0.2, 0) is 13.2 Å². The Hall–Kier alpha value is -3.28. The van der Waals surface area contributed by atoms with Crippen LogP contribution in [0.3, 0.4) is 0 Å². The molecule has 1 saturated carbocycles. The first-order valence-electron chi connectivity index (χ1n) is 11.0. The molecule has 0 spiro atoms. The minimum absolute atomic E-state index is 0.00217. The van der Waals surface area contributed by atoms with Crippen molar-refractivity contribution in [2.24, 2.45) is 13.0 Å². The number of aryl methyl sites for hydroxylation is 2. The standard InChI is InChI=1S/C23H21F4N5O2S/c1-11-30-18(19(35-11)12-4-3-5-14(24)6-12)22(34)32-15(7-13-8-17(13)32)9-28-21(33)16-10-29-31(2)20(16)23(25,26)27/h3-6,10,13,15,17H,7-9H2,1-2H3,(H,28,33)/t13?,15-,17?/m0/s1. The molecule has 2 unspecified atom stereocenters. The molecule has 1 aromatic carbocycles. The van der Waals surface area contributed by atoms with E-state index in [1.54, 1.807) is 24.0 Å². The van der Waals surface area contributed by atoms with E-state index in [1.807, 2.05) is 0 Å². The molecule has 12 heteroatoms. The summed E-state index contributed by atoms with van der Waals surface area (Å²) in [6, 6.07) is 5.55. The van der Waals surface area contributed by atoms with Crippen LogP contribution in [0, 0.1) is 18.7 Å². The number of likely N-dealkylation sites (tertiary alicyclic amines) is 1. The summed E-state index contributed by atoms with van der Waals surface area (Å²) in [5, 5.41) is 6.77. The molecule has 0 bridgehead atoms. The summed E-state index contributed by atoms with van der Waals surface area (Å²) in [6.07, 6.45) is -2.38. The van der Waals surface area contributed by atoms with Crippen molar-refractivity contribution in [1.82, 2.24) is 25.0 Å². The Balaban J connectivity index is 1.36. The van der Waals surface area contributed by atoms with Gasteiger partial charge in [0.1, 0.15) is 11.5 Å². The molecule has 5 rings (SSSR count). The number of hydrogen-bond acceptors (Lipinski definition) is 5. The van der Waals surface area contributed by atoms with E-state index >= 15 is 0 Å². The molecule has 184 valence electrons. The number of nitrogens with one attached hydrogen (secondary N) is 1. The van der Waals surface area contributed by atoms with Crippen LogP contribution in [0.1, 0.15) is 44.4 Å². The number of piperidine rings is 1. The van der Waals surface area contributed by atoms with Crippen LogP contribution in [0.2, 0.25) is 0 Å². The van der Waals surface area contributed by atoms with E-state index in [4.69, 9.17) is 0 Å². The first kappa shape index (κ1) is 23.5. The predicted octanol–water partition coefficient (Wildman–Crippen LogP) is 4.04. The van der Waals surface area contributed by atoms with E-state index in [9.17, 15) is 27.2 Å². The van der Waals surface area contributed by atoms with Crippen LogP contribution >= 0.6 is 11.3 Å². The van der Waals surface area contributed by atoms with Gasteiger partial charge in [-0.25, -0.2) is 9.37 Å². The number of amides is 2. The van der Waals surface area contributed by atoms with Crippen LogP contribution in [0.25, 0.3) is 10.4 Å². The van der Waals surface area contributed by atoms with Gasteiger partial charge in [0.15, 0.2) is 5.69 Å². The van der Waals surface area contributed by atoms with E-state index in [-0.39, 0.29) is 36.1 Å². The van der Waals surface area contributed by atoms with Gasteiger partial charge in [-0.1, -0.05) is 12.1 Å². The van der Waals surface area contributed by atoms with Crippen molar-refractivity contribution in [1.29, 1.82) is 0 Å². The molecule has 2 aromatic heterocycles. The number of benzene rings is 1. The number of hydrogen-bond donors (Lipinski definition) is 1. The zero-order valence-electron chi connectivity index (χ0n) is 18.8. The van der Waals surface area contributed by atoms with Gasteiger partial charge < -0.3 is 10.2 Å². The molecule has 1 aliphatic carbocycles. The summed E-state index contributed by atoms with van der Waals surface area (Å²) < 4.78 is 54.5. The van der Waals surface area contributed by atoms with Crippen molar-refractivity contribution in [2.45, 2.75) is 38.0 Å². The Kier molecular flexibility index (Phi) is 5.65. The number of thiazole rings is 1. The van der Waals surface area contributed by atoms with Gasteiger partial charge in [0.25, 0.3) is 11.8 Å². The fourth-order valence-corrected chi connectivity index (χ4v) is 5.73. The van der Waals surface area contributed by atoms with Crippen molar-refractivity contribution >= 4 is 23.2 Å². The minimum Gasteiger partial charge on any atom is -0.350 e. The Morgan fingerprint density at radius 2 is 2.03 bits per heavy atom. The molecule has 1 saturated heterocycles. The third kappa shape index (κ3) is 4.30. The van der Waals surface area contributed by atoms with E-state index in [0.717, 1.165) is 19.7 Å². The molecule has 2 fully saturated rings. The van der Waals surface area contributed by atoms with Crippen molar-refractivity contribution in [3.63, 3.8) is 0 Å².